The highest BCUT2D eigenvalue weighted by atomic mass is 35.5. The van der Waals surface area contributed by atoms with Crippen LogP contribution in [0.25, 0.3) is 0 Å². The standard InChI is InChI=1S/C16H22ClNO3/c1-3-11(12-5-8-13(17)9-6-12)7-10-14(15(18)19)16(20)21-4-2/h5-6,8-9,11,14H,3-4,7,10H2,1-2H3,(H2,18,19). The van der Waals surface area contributed by atoms with Crippen LogP contribution in [0.5, 0.6) is 0 Å². The molecule has 0 saturated carbocycles. The molecule has 1 rings (SSSR count). The Morgan fingerprint density at radius 1 is 1.19 bits per heavy atom. The van der Waals surface area contributed by atoms with Crippen molar-refractivity contribution < 1.29 is 14.3 Å². The SMILES string of the molecule is CCOC(=O)C(CCC(CC)c1ccc(Cl)cc1)C(N)=O. The number of carbonyl (C=O) groups excluding carboxylic acids is 2. The molecule has 1 amide bonds. The van der Waals surface area contributed by atoms with Gasteiger partial charge in [0.1, 0.15) is 5.92 Å². The van der Waals surface area contributed by atoms with Crippen molar-refractivity contribution in [2.24, 2.45) is 11.7 Å². The fourth-order valence-corrected chi connectivity index (χ4v) is 2.45. The van der Waals surface area contributed by atoms with Crippen LogP contribution in [0.4, 0.5) is 0 Å². The molecule has 1 aromatic rings. The van der Waals surface area contributed by atoms with E-state index in [-0.39, 0.29) is 12.5 Å². The van der Waals surface area contributed by atoms with Gasteiger partial charge in [-0.05, 0) is 49.8 Å². The maximum absolute atomic E-state index is 11.7. The third-order valence-corrected chi connectivity index (χ3v) is 3.80. The first-order valence-electron chi connectivity index (χ1n) is 7.21. The van der Waals surface area contributed by atoms with Crippen molar-refractivity contribution in [1.29, 1.82) is 0 Å². The molecule has 0 bridgehead atoms. The van der Waals surface area contributed by atoms with Crippen molar-refractivity contribution in [1.82, 2.24) is 0 Å². The van der Waals surface area contributed by atoms with Crippen LogP contribution in [0.3, 0.4) is 0 Å². The van der Waals surface area contributed by atoms with Gasteiger partial charge in [-0.2, -0.15) is 0 Å². The van der Waals surface area contributed by atoms with Crippen LogP contribution in [0.2, 0.25) is 5.02 Å². The van der Waals surface area contributed by atoms with E-state index in [1.165, 1.54) is 0 Å². The smallest absolute Gasteiger partial charge is 0.318 e. The van der Waals surface area contributed by atoms with Crippen LogP contribution in [0.15, 0.2) is 24.3 Å². The van der Waals surface area contributed by atoms with Gasteiger partial charge in [-0.3, -0.25) is 9.59 Å². The first kappa shape index (κ1) is 17.5. The van der Waals surface area contributed by atoms with Gasteiger partial charge in [-0.25, -0.2) is 0 Å². The number of primary amides is 1. The minimum atomic E-state index is -0.869. The summed E-state index contributed by atoms with van der Waals surface area (Å²) in [6, 6.07) is 7.63. The minimum Gasteiger partial charge on any atom is -0.465 e. The molecule has 0 radical (unpaired) electrons. The lowest BCUT2D eigenvalue weighted by molar-refractivity contribution is -0.151. The second-order valence-electron chi connectivity index (χ2n) is 4.94. The highest BCUT2D eigenvalue weighted by Crippen LogP contribution is 2.28. The number of nitrogens with two attached hydrogens (primary N) is 1. The van der Waals surface area contributed by atoms with Crippen LogP contribution in [0.1, 0.15) is 44.6 Å². The van der Waals surface area contributed by atoms with Crippen LogP contribution >= 0.6 is 11.6 Å². The lowest BCUT2D eigenvalue weighted by Gasteiger charge is -2.18. The van der Waals surface area contributed by atoms with Crippen LogP contribution in [0, 0.1) is 5.92 Å². The van der Waals surface area contributed by atoms with E-state index in [4.69, 9.17) is 22.1 Å². The highest BCUT2D eigenvalue weighted by Gasteiger charge is 2.26. The van der Waals surface area contributed by atoms with Gasteiger partial charge in [0.25, 0.3) is 0 Å². The molecule has 2 unspecified atom stereocenters. The number of halogens is 1. The Bertz CT molecular complexity index is 473. The molecule has 116 valence electrons. The van der Waals surface area contributed by atoms with Gasteiger partial charge in [0.15, 0.2) is 0 Å². The average molecular weight is 312 g/mol. The molecular formula is C16H22ClNO3. The molecule has 2 N–H and O–H groups in total. The minimum absolute atomic E-state index is 0.247. The number of rotatable bonds is 8. The first-order chi connectivity index (χ1) is 9.99. The summed E-state index contributed by atoms with van der Waals surface area (Å²) in [6.07, 6.45) is 2.01. The van der Waals surface area contributed by atoms with Gasteiger partial charge in [0.05, 0.1) is 6.61 Å². The summed E-state index contributed by atoms with van der Waals surface area (Å²) >= 11 is 5.88. The second kappa shape index (κ2) is 8.67. The van der Waals surface area contributed by atoms with Gasteiger partial charge < -0.3 is 10.5 Å². The number of benzene rings is 1. The van der Waals surface area contributed by atoms with Crippen LogP contribution < -0.4 is 5.73 Å². The third kappa shape index (κ3) is 5.38. The van der Waals surface area contributed by atoms with E-state index in [1.807, 2.05) is 24.3 Å². The van der Waals surface area contributed by atoms with Crippen molar-refractivity contribution in [2.45, 2.75) is 39.0 Å². The third-order valence-electron chi connectivity index (χ3n) is 3.55. The molecule has 1 aromatic carbocycles. The first-order valence-corrected chi connectivity index (χ1v) is 7.58. The van der Waals surface area contributed by atoms with Gasteiger partial charge in [0, 0.05) is 5.02 Å². The number of esters is 1. The number of ether oxygens (including phenoxy) is 1. The highest BCUT2D eigenvalue weighted by molar-refractivity contribution is 6.30. The number of hydrogen-bond donors (Lipinski definition) is 1. The molecule has 5 heteroatoms. The van der Waals surface area contributed by atoms with Crippen molar-refractivity contribution in [2.75, 3.05) is 6.61 Å². The summed E-state index contributed by atoms with van der Waals surface area (Å²) in [7, 11) is 0. The van der Waals surface area contributed by atoms with Crippen molar-refractivity contribution in [3.63, 3.8) is 0 Å². The van der Waals surface area contributed by atoms with E-state index < -0.39 is 17.8 Å². The monoisotopic (exact) mass is 311 g/mol. The molecule has 0 aliphatic heterocycles. The Hall–Kier alpha value is -1.55. The molecule has 0 aliphatic carbocycles. The Kier molecular flexibility index (Phi) is 7.23. The predicted molar refractivity (Wildman–Crippen MR) is 83.0 cm³/mol. The van der Waals surface area contributed by atoms with Crippen molar-refractivity contribution in [3.05, 3.63) is 34.9 Å². The molecule has 2 atom stereocenters. The molecule has 0 aliphatic rings. The topological polar surface area (TPSA) is 69.4 Å². The zero-order valence-electron chi connectivity index (χ0n) is 12.5. The summed E-state index contributed by atoms with van der Waals surface area (Å²) in [5.74, 6) is -1.76. The van der Waals surface area contributed by atoms with Crippen LogP contribution in [-0.4, -0.2) is 18.5 Å². The van der Waals surface area contributed by atoms with Gasteiger partial charge in [-0.1, -0.05) is 30.7 Å². The van der Waals surface area contributed by atoms with Gasteiger partial charge >= 0.3 is 5.97 Å². The maximum atomic E-state index is 11.7. The number of carbonyl (C=O) groups is 2. The summed E-state index contributed by atoms with van der Waals surface area (Å²) in [5, 5.41) is 0.690. The Morgan fingerprint density at radius 2 is 1.81 bits per heavy atom. The van der Waals surface area contributed by atoms with Crippen molar-refractivity contribution >= 4 is 23.5 Å². The summed E-state index contributed by atoms with van der Waals surface area (Å²) in [4.78, 5) is 23.1. The fraction of sp³-hybridized carbons (Fsp3) is 0.500. The second-order valence-corrected chi connectivity index (χ2v) is 5.38. The quantitative estimate of drug-likeness (QED) is 0.591. The molecule has 0 fully saturated rings. The van der Waals surface area contributed by atoms with E-state index in [1.54, 1.807) is 6.92 Å². The molecule has 0 spiro atoms. The Balaban J connectivity index is 2.70. The molecule has 0 heterocycles. The van der Waals surface area contributed by atoms with Gasteiger partial charge in [-0.15, -0.1) is 0 Å². The molecule has 0 aromatic heterocycles. The summed E-state index contributed by atoms with van der Waals surface area (Å²) in [5.41, 5.74) is 6.44. The maximum Gasteiger partial charge on any atom is 0.318 e. The lowest BCUT2D eigenvalue weighted by atomic mass is 9.88. The van der Waals surface area contributed by atoms with E-state index in [0.29, 0.717) is 17.9 Å². The van der Waals surface area contributed by atoms with E-state index in [9.17, 15) is 9.59 Å². The number of hydrogen-bond acceptors (Lipinski definition) is 3. The average Bonchev–Trinajstić information content (AvgIpc) is 2.44. The Morgan fingerprint density at radius 3 is 2.29 bits per heavy atom. The molecule has 21 heavy (non-hydrogen) atoms. The zero-order valence-corrected chi connectivity index (χ0v) is 13.2. The van der Waals surface area contributed by atoms with Gasteiger partial charge in [0.2, 0.25) is 5.91 Å². The molecular weight excluding hydrogens is 290 g/mol. The molecule has 0 saturated heterocycles. The normalized spacial score (nSPS) is 13.5. The lowest BCUT2D eigenvalue weighted by Crippen LogP contribution is -2.32. The zero-order chi connectivity index (χ0) is 15.8. The van der Waals surface area contributed by atoms with Crippen molar-refractivity contribution in [3.8, 4) is 0 Å². The fourth-order valence-electron chi connectivity index (χ4n) is 2.33. The summed E-state index contributed by atoms with van der Waals surface area (Å²) in [6.45, 7) is 4.03. The van der Waals surface area contributed by atoms with E-state index >= 15 is 0 Å². The molecule has 4 nitrogen and oxygen atoms in total. The predicted octanol–water partition coefficient (Wildman–Crippen LogP) is 3.28. The van der Waals surface area contributed by atoms with E-state index in [2.05, 4.69) is 6.92 Å². The Labute approximate surface area is 130 Å². The van der Waals surface area contributed by atoms with Crippen LogP contribution in [-0.2, 0) is 14.3 Å². The number of amides is 1. The largest absolute Gasteiger partial charge is 0.465 e. The van der Waals surface area contributed by atoms with E-state index in [0.717, 1.165) is 12.0 Å². The summed E-state index contributed by atoms with van der Waals surface area (Å²) < 4.78 is 4.90.